The van der Waals surface area contributed by atoms with Crippen LogP contribution in [-0.4, -0.2) is 36.3 Å². The standard InChI is InChI=1S/C11H17F2N3O2/c12-9(13)7-17-6-4-10-15-11(18-16-10)8-3-1-2-5-14-8/h8-9,14H,1-7H2/t8-/m1/s1. The highest BCUT2D eigenvalue weighted by atomic mass is 19.3. The minimum Gasteiger partial charge on any atom is -0.375 e. The third-order valence-electron chi connectivity index (χ3n) is 2.81. The molecule has 1 aromatic rings. The topological polar surface area (TPSA) is 60.2 Å². The van der Waals surface area contributed by atoms with Gasteiger partial charge in [-0.25, -0.2) is 8.78 Å². The summed E-state index contributed by atoms with van der Waals surface area (Å²) in [5.74, 6) is 1.09. The van der Waals surface area contributed by atoms with Crippen molar-refractivity contribution < 1.29 is 18.0 Å². The van der Waals surface area contributed by atoms with Crippen LogP contribution in [0.2, 0.25) is 0 Å². The third kappa shape index (κ3) is 3.99. The summed E-state index contributed by atoms with van der Waals surface area (Å²) in [4.78, 5) is 4.24. The smallest absolute Gasteiger partial charge is 0.261 e. The zero-order chi connectivity index (χ0) is 12.8. The van der Waals surface area contributed by atoms with Crippen molar-refractivity contribution in [3.63, 3.8) is 0 Å². The van der Waals surface area contributed by atoms with Gasteiger partial charge in [-0.05, 0) is 19.4 Å². The SMILES string of the molecule is FC(F)COCCc1noc([C@H]2CCCCN2)n1. The van der Waals surface area contributed by atoms with Gasteiger partial charge in [-0.3, -0.25) is 0 Å². The van der Waals surface area contributed by atoms with E-state index in [0.29, 0.717) is 18.1 Å². The van der Waals surface area contributed by atoms with E-state index in [9.17, 15) is 8.78 Å². The van der Waals surface area contributed by atoms with Gasteiger partial charge in [0, 0.05) is 6.42 Å². The van der Waals surface area contributed by atoms with Crippen molar-refractivity contribution in [1.29, 1.82) is 0 Å². The Bertz CT molecular complexity index is 354. The predicted molar refractivity (Wildman–Crippen MR) is 59.4 cm³/mol. The Morgan fingerprint density at radius 1 is 1.44 bits per heavy atom. The van der Waals surface area contributed by atoms with E-state index < -0.39 is 13.0 Å². The molecule has 1 aromatic heterocycles. The Morgan fingerprint density at radius 2 is 2.33 bits per heavy atom. The molecule has 7 heteroatoms. The lowest BCUT2D eigenvalue weighted by Gasteiger charge is -2.19. The van der Waals surface area contributed by atoms with Crippen LogP contribution in [0.3, 0.4) is 0 Å². The van der Waals surface area contributed by atoms with Gasteiger partial charge in [0.05, 0.1) is 12.6 Å². The average Bonchev–Trinajstić information content (AvgIpc) is 2.84. The first-order valence-electron chi connectivity index (χ1n) is 6.17. The van der Waals surface area contributed by atoms with Crippen molar-refractivity contribution in [2.24, 2.45) is 0 Å². The van der Waals surface area contributed by atoms with Crippen molar-refractivity contribution in [2.75, 3.05) is 19.8 Å². The zero-order valence-corrected chi connectivity index (χ0v) is 10.1. The Labute approximate surface area is 104 Å². The molecule has 1 atom stereocenters. The number of hydrogen-bond donors (Lipinski definition) is 1. The van der Waals surface area contributed by atoms with Crippen LogP contribution in [0.5, 0.6) is 0 Å². The van der Waals surface area contributed by atoms with Crippen molar-refractivity contribution in [1.82, 2.24) is 15.5 Å². The number of rotatable bonds is 6. The molecule has 0 saturated carbocycles. The fraction of sp³-hybridized carbons (Fsp3) is 0.818. The van der Waals surface area contributed by atoms with E-state index in [1.165, 1.54) is 6.42 Å². The molecule has 18 heavy (non-hydrogen) atoms. The molecule has 2 heterocycles. The van der Waals surface area contributed by atoms with Crippen molar-refractivity contribution in [3.8, 4) is 0 Å². The highest BCUT2D eigenvalue weighted by Gasteiger charge is 2.20. The van der Waals surface area contributed by atoms with E-state index in [1.807, 2.05) is 0 Å². The maximum absolute atomic E-state index is 11.8. The highest BCUT2D eigenvalue weighted by Crippen LogP contribution is 2.21. The molecule has 1 fully saturated rings. The van der Waals surface area contributed by atoms with E-state index >= 15 is 0 Å². The molecule has 1 aliphatic heterocycles. The molecule has 5 nitrogen and oxygen atoms in total. The fourth-order valence-corrected chi connectivity index (χ4v) is 1.91. The van der Waals surface area contributed by atoms with Gasteiger partial charge in [0.2, 0.25) is 5.89 Å². The second-order valence-corrected chi connectivity index (χ2v) is 4.27. The van der Waals surface area contributed by atoms with Gasteiger partial charge in [0.25, 0.3) is 6.43 Å². The first-order valence-corrected chi connectivity index (χ1v) is 6.17. The van der Waals surface area contributed by atoms with Crippen LogP contribution in [0.25, 0.3) is 0 Å². The minimum atomic E-state index is -2.43. The molecule has 1 saturated heterocycles. The molecule has 0 aromatic carbocycles. The maximum Gasteiger partial charge on any atom is 0.261 e. The van der Waals surface area contributed by atoms with Crippen LogP contribution in [0.4, 0.5) is 8.78 Å². The lowest BCUT2D eigenvalue weighted by molar-refractivity contribution is 0.0182. The molecule has 0 aliphatic carbocycles. The molecule has 102 valence electrons. The zero-order valence-electron chi connectivity index (χ0n) is 10.1. The van der Waals surface area contributed by atoms with E-state index in [0.717, 1.165) is 19.4 Å². The summed E-state index contributed by atoms with van der Waals surface area (Å²) < 4.78 is 33.6. The van der Waals surface area contributed by atoms with E-state index in [2.05, 4.69) is 15.5 Å². The molecular formula is C11H17F2N3O2. The monoisotopic (exact) mass is 261 g/mol. The summed E-state index contributed by atoms with van der Waals surface area (Å²) in [6.45, 7) is 0.593. The molecule has 0 amide bonds. The number of alkyl halides is 2. The molecule has 1 N–H and O–H groups in total. The Kier molecular flexibility index (Phi) is 5.00. The summed E-state index contributed by atoms with van der Waals surface area (Å²) in [5.41, 5.74) is 0. The van der Waals surface area contributed by atoms with Crippen molar-refractivity contribution in [2.45, 2.75) is 38.2 Å². The summed E-state index contributed by atoms with van der Waals surface area (Å²) in [6.07, 6.45) is 1.26. The number of aromatic nitrogens is 2. The van der Waals surface area contributed by atoms with Crippen LogP contribution < -0.4 is 5.32 Å². The van der Waals surface area contributed by atoms with Crippen LogP contribution in [0, 0.1) is 0 Å². The highest BCUT2D eigenvalue weighted by molar-refractivity contribution is 4.94. The number of hydrogen-bond acceptors (Lipinski definition) is 5. The molecule has 1 aliphatic rings. The number of ether oxygens (including phenoxy) is 1. The normalized spacial score (nSPS) is 20.5. The Hall–Kier alpha value is -1.08. The van der Waals surface area contributed by atoms with Gasteiger partial charge in [-0.1, -0.05) is 11.6 Å². The van der Waals surface area contributed by atoms with Crippen molar-refractivity contribution >= 4 is 0 Å². The first-order chi connectivity index (χ1) is 8.75. The molecule has 0 unspecified atom stereocenters. The van der Waals surface area contributed by atoms with E-state index in [4.69, 9.17) is 9.26 Å². The quantitative estimate of drug-likeness (QED) is 0.790. The second kappa shape index (κ2) is 6.75. The van der Waals surface area contributed by atoms with Gasteiger partial charge in [0.1, 0.15) is 6.61 Å². The summed E-state index contributed by atoms with van der Waals surface area (Å²) >= 11 is 0. The van der Waals surface area contributed by atoms with Gasteiger partial charge in [-0.2, -0.15) is 4.98 Å². The van der Waals surface area contributed by atoms with Gasteiger partial charge in [0.15, 0.2) is 5.82 Å². The van der Waals surface area contributed by atoms with Gasteiger partial charge >= 0.3 is 0 Å². The number of nitrogens with one attached hydrogen (secondary N) is 1. The number of halogens is 2. The molecule has 2 rings (SSSR count). The molecule has 0 bridgehead atoms. The lowest BCUT2D eigenvalue weighted by Crippen LogP contribution is -2.27. The van der Waals surface area contributed by atoms with Crippen LogP contribution in [0.1, 0.15) is 37.0 Å². The van der Waals surface area contributed by atoms with Gasteiger partial charge < -0.3 is 14.6 Å². The van der Waals surface area contributed by atoms with Gasteiger partial charge in [-0.15, -0.1) is 0 Å². The summed E-state index contributed by atoms with van der Waals surface area (Å²) in [7, 11) is 0. The molecule has 0 spiro atoms. The summed E-state index contributed by atoms with van der Waals surface area (Å²) in [5, 5.41) is 7.12. The lowest BCUT2D eigenvalue weighted by atomic mass is 10.1. The first kappa shape index (κ1) is 13.4. The van der Waals surface area contributed by atoms with Crippen molar-refractivity contribution in [3.05, 3.63) is 11.7 Å². The minimum absolute atomic E-state index is 0.127. The largest absolute Gasteiger partial charge is 0.375 e. The third-order valence-corrected chi connectivity index (χ3v) is 2.81. The maximum atomic E-state index is 11.8. The molecule has 0 radical (unpaired) electrons. The van der Waals surface area contributed by atoms with E-state index in [-0.39, 0.29) is 12.6 Å². The van der Waals surface area contributed by atoms with Crippen LogP contribution in [-0.2, 0) is 11.2 Å². The second-order valence-electron chi connectivity index (χ2n) is 4.27. The fourth-order valence-electron chi connectivity index (χ4n) is 1.91. The molecular weight excluding hydrogens is 244 g/mol. The van der Waals surface area contributed by atoms with Crippen LogP contribution >= 0.6 is 0 Å². The summed E-state index contributed by atoms with van der Waals surface area (Å²) in [6, 6.07) is 0.127. The Balaban J connectivity index is 1.75. The number of piperidine rings is 1. The predicted octanol–water partition coefficient (Wildman–Crippen LogP) is 1.71. The Morgan fingerprint density at radius 3 is 3.06 bits per heavy atom. The average molecular weight is 261 g/mol. The number of nitrogens with zero attached hydrogens (tertiary/aromatic N) is 2. The van der Waals surface area contributed by atoms with E-state index in [1.54, 1.807) is 0 Å². The van der Waals surface area contributed by atoms with Crippen LogP contribution in [0.15, 0.2) is 4.52 Å².